The minimum atomic E-state index is -0.0871. The fourth-order valence-corrected chi connectivity index (χ4v) is 3.51. The Morgan fingerprint density at radius 1 is 0.880 bits per heavy atom. The van der Waals surface area contributed by atoms with E-state index < -0.39 is 0 Å². The zero-order chi connectivity index (χ0) is 18.5. The summed E-state index contributed by atoms with van der Waals surface area (Å²) in [6, 6.07) is 7.34. The number of hydrogen-bond donors (Lipinski definition) is 1. The van der Waals surface area contributed by atoms with Crippen LogP contribution >= 0.6 is 0 Å². The van der Waals surface area contributed by atoms with Gasteiger partial charge in [0.25, 0.3) is 0 Å². The van der Waals surface area contributed by atoms with Gasteiger partial charge in [0.2, 0.25) is 0 Å². The van der Waals surface area contributed by atoms with Crippen LogP contribution in [0.15, 0.2) is 18.2 Å². The first-order valence-corrected chi connectivity index (χ1v) is 10.2. The third-order valence-corrected chi connectivity index (χ3v) is 5.26. The summed E-state index contributed by atoms with van der Waals surface area (Å²) in [7, 11) is 0. The van der Waals surface area contributed by atoms with Crippen LogP contribution in [0.4, 0.5) is 0 Å². The molecule has 0 aromatic heterocycles. The van der Waals surface area contributed by atoms with Crippen LogP contribution in [-0.4, -0.2) is 5.11 Å². The largest absolute Gasteiger partial charge is 0.508 e. The highest BCUT2D eigenvalue weighted by molar-refractivity contribution is 5.44. The van der Waals surface area contributed by atoms with Crippen molar-refractivity contribution in [3.05, 3.63) is 29.3 Å². The van der Waals surface area contributed by atoms with E-state index in [-0.39, 0.29) is 5.41 Å². The van der Waals surface area contributed by atoms with Crippen LogP contribution in [0.25, 0.3) is 0 Å². The van der Waals surface area contributed by atoms with E-state index in [1.165, 1.54) is 70.6 Å². The molecule has 1 rings (SSSR count). The second kappa shape index (κ2) is 12.0. The lowest BCUT2D eigenvalue weighted by Crippen LogP contribution is -2.17. The Kier molecular flexibility index (Phi) is 10.3. The molecule has 0 atom stereocenters. The summed E-state index contributed by atoms with van der Waals surface area (Å²) in [5, 5.41) is 19.2. The minimum absolute atomic E-state index is 0.0871. The molecule has 1 N–H and O–H groups in total. The van der Waals surface area contributed by atoms with Gasteiger partial charge in [0.1, 0.15) is 5.75 Å². The summed E-state index contributed by atoms with van der Waals surface area (Å²) in [5.74, 6) is 0.312. The molecular weight excluding hydrogens is 306 g/mol. The molecule has 0 radical (unpaired) electrons. The average Bonchev–Trinajstić information content (AvgIpc) is 2.60. The smallest absolute Gasteiger partial charge is 0.119 e. The maximum Gasteiger partial charge on any atom is 0.119 e. The lowest BCUT2D eigenvalue weighted by molar-refractivity contribution is 0.404. The average molecular weight is 344 g/mol. The van der Waals surface area contributed by atoms with Crippen molar-refractivity contribution in [2.24, 2.45) is 0 Å². The first kappa shape index (κ1) is 21.6. The van der Waals surface area contributed by atoms with Gasteiger partial charge in [-0.2, -0.15) is 5.26 Å². The van der Waals surface area contributed by atoms with Gasteiger partial charge in [-0.15, -0.1) is 0 Å². The van der Waals surface area contributed by atoms with Crippen LogP contribution in [0.3, 0.4) is 0 Å². The number of phenols is 1. The van der Waals surface area contributed by atoms with Crippen LogP contribution in [0.2, 0.25) is 0 Å². The van der Waals surface area contributed by atoms with Gasteiger partial charge < -0.3 is 5.11 Å². The Labute approximate surface area is 155 Å². The SMILES string of the molecule is CCCCCCCCCCCCCC(C)(C)c1cc(C#N)ccc1O. The predicted octanol–water partition coefficient (Wildman–Crippen LogP) is 7.24. The number of nitrogens with zero attached hydrogens (tertiary/aromatic N) is 1. The molecule has 0 fully saturated rings. The molecule has 25 heavy (non-hydrogen) atoms. The molecule has 1 aromatic carbocycles. The van der Waals surface area contributed by atoms with E-state index in [0.717, 1.165) is 12.0 Å². The third kappa shape index (κ3) is 8.43. The zero-order valence-corrected chi connectivity index (χ0v) is 16.6. The Bertz CT molecular complexity index is 527. The fourth-order valence-electron chi connectivity index (χ4n) is 3.51. The molecule has 2 heteroatoms. The van der Waals surface area contributed by atoms with Gasteiger partial charge in [-0.05, 0) is 30.0 Å². The van der Waals surface area contributed by atoms with Crippen molar-refractivity contribution < 1.29 is 5.11 Å². The van der Waals surface area contributed by atoms with E-state index >= 15 is 0 Å². The molecule has 0 aliphatic rings. The Hall–Kier alpha value is -1.49. The lowest BCUT2D eigenvalue weighted by atomic mass is 9.79. The molecule has 140 valence electrons. The van der Waals surface area contributed by atoms with Gasteiger partial charge in [-0.1, -0.05) is 91.4 Å². The number of hydrogen-bond acceptors (Lipinski definition) is 2. The number of nitriles is 1. The zero-order valence-electron chi connectivity index (χ0n) is 16.6. The number of unbranched alkanes of at least 4 members (excludes halogenated alkanes) is 10. The number of phenolic OH excluding ortho intramolecular Hbond substituents is 1. The molecule has 0 bridgehead atoms. The van der Waals surface area contributed by atoms with Crippen molar-refractivity contribution in [2.75, 3.05) is 0 Å². The topological polar surface area (TPSA) is 44.0 Å². The molecule has 2 nitrogen and oxygen atoms in total. The van der Waals surface area contributed by atoms with Crippen molar-refractivity contribution in [1.82, 2.24) is 0 Å². The van der Waals surface area contributed by atoms with Crippen LogP contribution in [0, 0.1) is 11.3 Å². The van der Waals surface area contributed by atoms with Crippen molar-refractivity contribution in [3.63, 3.8) is 0 Å². The minimum Gasteiger partial charge on any atom is -0.508 e. The number of benzene rings is 1. The van der Waals surface area contributed by atoms with E-state index in [2.05, 4.69) is 26.8 Å². The van der Waals surface area contributed by atoms with E-state index in [1.54, 1.807) is 12.1 Å². The second-order valence-electron chi connectivity index (χ2n) is 8.01. The first-order valence-electron chi connectivity index (χ1n) is 10.2. The highest BCUT2D eigenvalue weighted by atomic mass is 16.3. The Morgan fingerprint density at radius 3 is 1.92 bits per heavy atom. The van der Waals surface area contributed by atoms with Gasteiger partial charge in [-0.3, -0.25) is 0 Å². The second-order valence-corrected chi connectivity index (χ2v) is 8.01. The Balaban J connectivity index is 2.20. The van der Waals surface area contributed by atoms with Gasteiger partial charge in [0.15, 0.2) is 0 Å². The van der Waals surface area contributed by atoms with Crippen LogP contribution < -0.4 is 0 Å². The molecule has 0 saturated carbocycles. The van der Waals surface area contributed by atoms with Crippen molar-refractivity contribution in [1.29, 1.82) is 5.26 Å². The molecule has 0 heterocycles. The summed E-state index contributed by atoms with van der Waals surface area (Å²) >= 11 is 0. The monoisotopic (exact) mass is 343 g/mol. The van der Waals surface area contributed by atoms with E-state index in [0.29, 0.717) is 11.3 Å². The van der Waals surface area contributed by atoms with Crippen LogP contribution in [0.1, 0.15) is 109 Å². The standard InChI is InChI=1S/C23H37NO/c1-4-5-6-7-8-9-10-11-12-13-14-17-23(2,3)21-18-20(19-24)15-16-22(21)25/h15-16,18,25H,4-14,17H2,1-3H3. The van der Waals surface area contributed by atoms with E-state index in [4.69, 9.17) is 5.26 Å². The van der Waals surface area contributed by atoms with Crippen LogP contribution in [0.5, 0.6) is 5.75 Å². The third-order valence-electron chi connectivity index (χ3n) is 5.26. The lowest BCUT2D eigenvalue weighted by Gasteiger charge is -2.26. The number of rotatable bonds is 13. The maximum absolute atomic E-state index is 10.1. The molecule has 0 spiro atoms. The summed E-state index contributed by atoms with van der Waals surface area (Å²) < 4.78 is 0. The van der Waals surface area contributed by atoms with Gasteiger partial charge in [0.05, 0.1) is 11.6 Å². The van der Waals surface area contributed by atoms with Crippen LogP contribution in [-0.2, 0) is 5.41 Å². The first-order chi connectivity index (χ1) is 12.0. The molecule has 0 aliphatic heterocycles. The molecular formula is C23H37NO. The van der Waals surface area contributed by atoms with Crippen molar-refractivity contribution >= 4 is 0 Å². The summed E-state index contributed by atoms with van der Waals surface area (Å²) in [6.07, 6.45) is 15.9. The Morgan fingerprint density at radius 2 is 1.40 bits per heavy atom. The molecule has 0 unspecified atom stereocenters. The van der Waals surface area contributed by atoms with E-state index in [9.17, 15) is 5.11 Å². The highest BCUT2D eigenvalue weighted by Crippen LogP contribution is 2.35. The van der Waals surface area contributed by atoms with Gasteiger partial charge in [0, 0.05) is 5.56 Å². The molecule has 0 saturated heterocycles. The van der Waals surface area contributed by atoms with E-state index in [1.807, 2.05) is 6.07 Å². The van der Waals surface area contributed by atoms with Crippen molar-refractivity contribution in [2.45, 2.75) is 103 Å². The maximum atomic E-state index is 10.1. The quantitative estimate of drug-likeness (QED) is 0.383. The highest BCUT2D eigenvalue weighted by Gasteiger charge is 2.23. The fraction of sp³-hybridized carbons (Fsp3) is 0.696. The predicted molar refractivity (Wildman–Crippen MR) is 107 cm³/mol. The molecule has 0 amide bonds. The number of aromatic hydroxyl groups is 1. The summed E-state index contributed by atoms with van der Waals surface area (Å²) in [4.78, 5) is 0. The molecule has 0 aliphatic carbocycles. The molecule has 1 aromatic rings. The summed E-state index contributed by atoms with van der Waals surface area (Å²) in [5.41, 5.74) is 1.44. The normalized spacial score (nSPS) is 11.4. The van der Waals surface area contributed by atoms with Gasteiger partial charge >= 0.3 is 0 Å². The van der Waals surface area contributed by atoms with Crippen molar-refractivity contribution in [3.8, 4) is 11.8 Å². The van der Waals surface area contributed by atoms with Gasteiger partial charge in [-0.25, -0.2) is 0 Å². The summed E-state index contributed by atoms with van der Waals surface area (Å²) in [6.45, 7) is 6.60.